The molecule has 0 spiro atoms. The Morgan fingerprint density at radius 2 is 1.76 bits per heavy atom. The molecule has 0 fully saturated rings. The van der Waals surface area contributed by atoms with E-state index in [0.717, 1.165) is 12.8 Å². The highest BCUT2D eigenvalue weighted by Crippen LogP contribution is 2.30. The van der Waals surface area contributed by atoms with Crippen molar-refractivity contribution >= 4 is 5.97 Å². The lowest BCUT2D eigenvalue weighted by atomic mass is 9.81. The van der Waals surface area contributed by atoms with Gasteiger partial charge in [-0.25, -0.2) is 0 Å². The zero-order chi connectivity index (χ0) is 19.5. The molecule has 0 aliphatic carbocycles. The molecule has 3 N–H and O–H groups in total. The van der Waals surface area contributed by atoms with Crippen molar-refractivity contribution < 1.29 is 20.1 Å². The van der Waals surface area contributed by atoms with Crippen LogP contribution in [0.15, 0.2) is 11.6 Å². The third kappa shape index (κ3) is 10.0. The van der Waals surface area contributed by atoms with Crippen LogP contribution in [0.5, 0.6) is 0 Å². The van der Waals surface area contributed by atoms with Crippen LogP contribution in [0.4, 0.5) is 0 Å². The van der Waals surface area contributed by atoms with Crippen LogP contribution in [0.3, 0.4) is 0 Å². The number of aliphatic hydroxyl groups is 2. The Bertz CT molecular complexity index is 405. The smallest absolute Gasteiger partial charge is 0.305 e. The van der Waals surface area contributed by atoms with Crippen molar-refractivity contribution in [1.29, 1.82) is 0 Å². The molecule has 25 heavy (non-hydrogen) atoms. The van der Waals surface area contributed by atoms with Crippen LogP contribution < -0.4 is 0 Å². The van der Waals surface area contributed by atoms with E-state index in [-0.39, 0.29) is 12.3 Å². The van der Waals surface area contributed by atoms with E-state index in [1.54, 1.807) is 0 Å². The molecule has 0 bridgehead atoms. The van der Waals surface area contributed by atoms with E-state index in [9.17, 15) is 15.0 Å². The summed E-state index contributed by atoms with van der Waals surface area (Å²) >= 11 is 0. The molecule has 0 saturated carbocycles. The fourth-order valence-electron chi connectivity index (χ4n) is 3.57. The van der Waals surface area contributed by atoms with Gasteiger partial charge in [0.1, 0.15) is 0 Å². The summed E-state index contributed by atoms with van der Waals surface area (Å²) in [6, 6.07) is 0. The van der Waals surface area contributed by atoms with Crippen molar-refractivity contribution in [2.24, 2.45) is 11.8 Å². The minimum absolute atomic E-state index is 0.216. The molecule has 148 valence electrons. The number of allylic oxidation sites excluding steroid dienone is 1. The SMILES string of the molecule is CCCC[C@H](CC)C/C(C)=C/[C@@](O)(CC)C[C@@H](CC)[C@H](O)CC(=O)O. The Balaban J connectivity index is 5.00. The highest BCUT2D eigenvalue weighted by Gasteiger charge is 2.30. The predicted molar refractivity (Wildman–Crippen MR) is 104 cm³/mol. The maximum atomic E-state index is 11.0. The van der Waals surface area contributed by atoms with Gasteiger partial charge >= 0.3 is 5.97 Å². The number of hydrogen-bond acceptors (Lipinski definition) is 3. The first-order chi connectivity index (χ1) is 11.7. The van der Waals surface area contributed by atoms with Crippen LogP contribution in [0.2, 0.25) is 0 Å². The Kier molecular flexibility index (Phi) is 12.0. The van der Waals surface area contributed by atoms with Crippen molar-refractivity contribution in [2.45, 2.75) is 104 Å². The third-order valence-electron chi connectivity index (χ3n) is 5.35. The Labute approximate surface area is 154 Å². The summed E-state index contributed by atoms with van der Waals surface area (Å²) in [4.78, 5) is 10.8. The van der Waals surface area contributed by atoms with Gasteiger partial charge < -0.3 is 15.3 Å². The summed E-state index contributed by atoms with van der Waals surface area (Å²) in [6.45, 7) is 10.4. The van der Waals surface area contributed by atoms with Gasteiger partial charge in [0.2, 0.25) is 0 Å². The molecule has 0 aromatic heterocycles. The Hall–Kier alpha value is -0.870. The average molecular weight is 357 g/mol. The van der Waals surface area contributed by atoms with Crippen LogP contribution in [0, 0.1) is 11.8 Å². The fourth-order valence-corrected chi connectivity index (χ4v) is 3.57. The first-order valence-corrected chi connectivity index (χ1v) is 10.0. The Morgan fingerprint density at radius 3 is 2.20 bits per heavy atom. The molecule has 0 heterocycles. The highest BCUT2D eigenvalue weighted by molar-refractivity contribution is 5.67. The molecule has 0 saturated heterocycles. The number of rotatable bonds is 14. The standard InChI is InChI=1S/C21H40O4/c1-6-10-11-17(7-2)12-16(5)14-21(25,9-4)15-18(8-3)19(22)13-20(23)24/h14,17-19,22,25H,6-13,15H2,1-5H3,(H,23,24)/b16-14+/t17-,18+,19+,21-/m0/s1. The summed E-state index contributed by atoms with van der Waals surface area (Å²) in [5.41, 5.74) is 0.211. The summed E-state index contributed by atoms with van der Waals surface area (Å²) < 4.78 is 0. The topological polar surface area (TPSA) is 77.8 Å². The molecule has 0 aromatic carbocycles. The molecule has 0 radical (unpaired) electrons. The second kappa shape index (κ2) is 12.5. The van der Waals surface area contributed by atoms with Gasteiger partial charge in [-0.05, 0) is 38.0 Å². The highest BCUT2D eigenvalue weighted by atomic mass is 16.4. The van der Waals surface area contributed by atoms with Crippen molar-refractivity contribution in [2.75, 3.05) is 0 Å². The van der Waals surface area contributed by atoms with E-state index < -0.39 is 17.7 Å². The van der Waals surface area contributed by atoms with Gasteiger partial charge in [0, 0.05) is 0 Å². The van der Waals surface area contributed by atoms with Gasteiger partial charge in [0.25, 0.3) is 0 Å². The van der Waals surface area contributed by atoms with Crippen LogP contribution in [-0.4, -0.2) is 33.0 Å². The normalized spacial score (nSPS) is 18.4. The van der Waals surface area contributed by atoms with E-state index >= 15 is 0 Å². The second-order valence-electron chi connectivity index (χ2n) is 7.61. The summed E-state index contributed by atoms with van der Waals surface area (Å²) in [6.07, 6.45) is 8.19. The maximum Gasteiger partial charge on any atom is 0.305 e. The molecule has 4 heteroatoms. The molecule has 0 aromatic rings. The minimum atomic E-state index is -1.00. The van der Waals surface area contributed by atoms with Gasteiger partial charge in [-0.2, -0.15) is 0 Å². The van der Waals surface area contributed by atoms with Crippen LogP contribution >= 0.6 is 0 Å². The average Bonchev–Trinajstić information content (AvgIpc) is 2.55. The predicted octanol–water partition coefficient (Wildman–Crippen LogP) is 4.93. The molecule has 0 amide bonds. The fraction of sp³-hybridized carbons (Fsp3) is 0.857. The molecule has 0 unspecified atom stereocenters. The largest absolute Gasteiger partial charge is 0.481 e. The van der Waals surface area contributed by atoms with Crippen molar-refractivity contribution in [3.05, 3.63) is 11.6 Å². The van der Waals surface area contributed by atoms with Crippen LogP contribution in [-0.2, 0) is 4.79 Å². The Morgan fingerprint density at radius 1 is 1.12 bits per heavy atom. The number of carboxylic acids is 1. The van der Waals surface area contributed by atoms with Crippen molar-refractivity contribution in [1.82, 2.24) is 0 Å². The maximum absolute atomic E-state index is 11.0. The van der Waals surface area contributed by atoms with E-state index in [1.165, 1.54) is 24.8 Å². The lowest BCUT2D eigenvalue weighted by Crippen LogP contribution is -2.34. The van der Waals surface area contributed by atoms with Crippen molar-refractivity contribution in [3.63, 3.8) is 0 Å². The number of unbranched alkanes of at least 4 members (excludes halogenated alkanes) is 1. The lowest BCUT2D eigenvalue weighted by molar-refractivity contribution is -0.140. The second-order valence-corrected chi connectivity index (χ2v) is 7.61. The minimum Gasteiger partial charge on any atom is -0.481 e. The zero-order valence-corrected chi connectivity index (χ0v) is 16.9. The number of aliphatic hydroxyl groups excluding tert-OH is 1. The molecule has 4 nitrogen and oxygen atoms in total. The first-order valence-electron chi connectivity index (χ1n) is 10.0. The first kappa shape index (κ1) is 24.1. The molecule has 4 atom stereocenters. The quantitative estimate of drug-likeness (QED) is 0.386. The number of carboxylic acid groups (broad SMARTS) is 1. The summed E-state index contributed by atoms with van der Waals surface area (Å²) in [5, 5.41) is 30.0. The van der Waals surface area contributed by atoms with Gasteiger partial charge in [-0.15, -0.1) is 0 Å². The molecule has 0 aliphatic rings. The zero-order valence-electron chi connectivity index (χ0n) is 16.9. The van der Waals surface area contributed by atoms with Crippen molar-refractivity contribution in [3.8, 4) is 0 Å². The van der Waals surface area contributed by atoms with Gasteiger partial charge in [-0.3, -0.25) is 4.79 Å². The van der Waals surface area contributed by atoms with Crippen LogP contribution in [0.25, 0.3) is 0 Å². The number of carbonyl (C=O) groups is 1. The van der Waals surface area contributed by atoms with E-state index in [4.69, 9.17) is 5.11 Å². The van der Waals surface area contributed by atoms with E-state index in [1.807, 2.05) is 19.9 Å². The number of hydrogen-bond donors (Lipinski definition) is 3. The summed E-state index contributed by atoms with van der Waals surface area (Å²) in [5.74, 6) is -0.566. The molecule has 0 aliphatic heterocycles. The van der Waals surface area contributed by atoms with Gasteiger partial charge in [0.05, 0.1) is 18.1 Å². The lowest BCUT2D eigenvalue weighted by Gasteiger charge is -2.31. The van der Waals surface area contributed by atoms with Gasteiger partial charge in [0.15, 0.2) is 0 Å². The molecular weight excluding hydrogens is 316 g/mol. The monoisotopic (exact) mass is 356 g/mol. The molecule has 0 rings (SSSR count). The van der Waals surface area contributed by atoms with Gasteiger partial charge in [-0.1, -0.05) is 71.4 Å². The molecular formula is C21H40O4. The van der Waals surface area contributed by atoms with E-state index in [2.05, 4.69) is 20.8 Å². The number of aliphatic carboxylic acids is 1. The summed E-state index contributed by atoms with van der Waals surface area (Å²) in [7, 11) is 0. The third-order valence-corrected chi connectivity index (χ3v) is 5.35. The van der Waals surface area contributed by atoms with E-state index in [0.29, 0.717) is 25.2 Å². The van der Waals surface area contributed by atoms with Crippen LogP contribution in [0.1, 0.15) is 92.4 Å².